The number of halogens is 7. The minimum absolute atomic E-state index is 0.196. The minimum atomic E-state index is -0.490. The van der Waals surface area contributed by atoms with Gasteiger partial charge < -0.3 is 50.3 Å². The molecule has 0 aliphatic carbocycles. The van der Waals surface area contributed by atoms with Gasteiger partial charge in [0.1, 0.15) is 82.5 Å². The number of nitrogens with one attached hydrogen (secondary N) is 3. The van der Waals surface area contributed by atoms with E-state index in [2.05, 4.69) is 76.2 Å². The van der Waals surface area contributed by atoms with E-state index in [1.54, 1.807) is 145 Å². The Hall–Kier alpha value is -11.3. The number of para-hydroxylation sites is 4. The third-order valence-electron chi connectivity index (χ3n) is 20.3. The fourth-order valence-corrected chi connectivity index (χ4v) is 13.4. The maximum Gasteiger partial charge on any atom is 0.498 e. The molecular formula is C86H100BCl3F4N22O6. The van der Waals surface area contributed by atoms with Crippen molar-refractivity contribution in [1.29, 1.82) is 0 Å². The van der Waals surface area contributed by atoms with Crippen LogP contribution in [0.15, 0.2) is 197 Å². The maximum absolute atomic E-state index is 14.1. The predicted molar refractivity (Wildman–Crippen MR) is 463 cm³/mol. The number of piperidine rings is 3. The molecule has 642 valence electrons. The highest BCUT2D eigenvalue weighted by molar-refractivity contribution is 6.62. The molecule has 8 aromatic heterocycles. The van der Waals surface area contributed by atoms with Gasteiger partial charge in [0.05, 0.1) is 86.9 Å². The van der Waals surface area contributed by atoms with Crippen LogP contribution in [0.2, 0.25) is 15.2 Å². The molecule has 16 rings (SSSR count). The number of carbonyl (C=O) groups excluding carboxylic acids is 2. The first-order valence-electron chi connectivity index (χ1n) is 40.0. The molecule has 2 amide bonds. The van der Waals surface area contributed by atoms with Crippen molar-refractivity contribution in [2.45, 2.75) is 130 Å². The van der Waals surface area contributed by atoms with Gasteiger partial charge in [-0.05, 0) is 194 Å². The minimum Gasteiger partial charge on any atom is -0.444 e. The van der Waals surface area contributed by atoms with Crippen LogP contribution in [0.25, 0.3) is 56.5 Å². The van der Waals surface area contributed by atoms with Gasteiger partial charge in [0.15, 0.2) is 5.15 Å². The van der Waals surface area contributed by atoms with Crippen LogP contribution in [0.4, 0.5) is 38.5 Å². The van der Waals surface area contributed by atoms with Crippen LogP contribution in [0.1, 0.15) is 108 Å². The van der Waals surface area contributed by atoms with Crippen LogP contribution >= 0.6 is 34.8 Å². The van der Waals surface area contributed by atoms with Gasteiger partial charge in [-0.15, -0.1) is 0 Å². The molecule has 12 aromatic rings. The number of likely N-dealkylation sites (tertiary alicyclic amines) is 2. The highest BCUT2D eigenvalue weighted by Gasteiger charge is 2.52. The van der Waals surface area contributed by atoms with Crippen LogP contribution in [0.5, 0.6) is 0 Å². The summed E-state index contributed by atoms with van der Waals surface area (Å²) < 4.78 is 84.2. The second-order valence-electron chi connectivity index (χ2n) is 32.1. The van der Waals surface area contributed by atoms with E-state index in [0.29, 0.717) is 85.7 Å². The second-order valence-corrected chi connectivity index (χ2v) is 33.3. The summed E-state index contributed by atoms with van der Waals surface area (Å²) >= 11 is 16.9. The van der Waals surface area contributed by atoms with Gasteiger partial charge in [0, 0.05) is 98.6 Å². The third-order valence-corrected chi connectivity index (χ3v) is 21.2. The van der Waals surface area contributed by atoms with Crippen molar-refractivity contribution in [1.82, 2.24) is 94.1 Å². The number of hydrogen-bond donors (Lipinski definition) is 4. The summed E-state index contributed by atoms with van der Waals surface area (Å²) in [6.45, 7) is 26.7. The summed E-state index contributed by atoms with van der Waals surface area (Å²) in [5.74, 6) is 0.319. The van der Waals surface area contributed by atoms with Gasteiger partial charge in [-0.2, -0.15) is 20.4 Å². The van der Waals surface area contributed by atoms with E-state index in [4.69, 9.17) is 59.3 Å². The number of nitrogens with zero attached hydrogens (tertiary/aromatic N) is 18. The Bertz CT molecular complexity index is 5280. The quantitative estimate of drug-likeness (QED) is 0.0421. The fourth-order valence-electron chi connectivity index (χ4n) is 13.0. The smallest absolute Gasteiger partial charge is 0.444 e. The number of hydrogen-bond acceptors (Lipinski definition) is 22. The van der Waals surface area contributed by atoms with Crippen molar-refractivity contribution >= 4 is 70.9 Å². The molecule has 36 heteroatoms. The molecule has 28 nitrogen and oxygen atoms in total. The number of benzene rings is 4. The molecule has 4 aliphatic rings. The van der Waals surface area contributed by atoms with Crippen molar-refractivity contribution in [2.75, 3.05) is 69.5 Å². The molecule has 4 saturated heterocycles. The van der Waals surface area contributed by atoms with Crippen molar-refractivity contribution in [3.8, 4) is 56.5 Å². The van der Waals surface area contributed by atoms with E-state index in [0.717, 1.165) is 105 Å². The normalized spacial score (nSPS) is 15.3. The number of aromatic nitrogens is 16. The number of ether oxygens (including phenoxy) is 2. The lowest BCUT2D eigenvalue weighted by atomic mass is 9.82. The lowest BCUT2D eigenvalue weighted by molar-refractivity contribution is 0.00578. The molecule has 4 aliphatic heterocycles. The number of anilines is 2. The molecule has 0 unspecified atom stereocenters. The Balaban J connectivity index is 0.000000148. The molecule has 0 saturated carbocycles. The lowest BCUT2D eigenvalue weighted by Crippen LogP contribution is -2.42. The molecule has 0 radical (unpaired) electrons. The van der Waals surface area contributed by atoms with E-state index in [1.807, 2.05) is 69.2 Å². The van der Waals surface area contributed by atoms with Gasteiger partial charge in [0.2, 0.25) is 0 Å². The Morgan fingerprint density at radius 2 is 0.820 bits per heavy atom. The molecule has 0 spiro atoms. The van der Waals surface area contributed by atoms with Gasteiger partial charge in [0.25, 0.3) is 0 Å². The second kappa shape index (κ2) is 42.5. The summed E-state index contributed by atoms with van der Waals surface area (Å²) in [5, 5.41) is 28.3. The van der Waals surface area contributed by atoms with Crippen molar-refractivity contribution in [3.05, 3.63) is 235 Å². The Labute approximate surface area is 721 Å². The fraction of sp³-hybridized carbons (Fsp3) is 0.372. The number of amides is 2. The number of rotatable bonds is 15. The van der Waals surface area contributed by atoms with Gasteiger partial charge in [-0.25, -0.2) is 85.7 Å². The zero-order chi connectivity index (χ0) is 87.1. The Kier molecular flexibility index (Phi) is 31.8. The molecule has 5 N–H and O–H groups in total. The van der Waals surface area contributed by atoms with Crippen LogP contribution in [0.3, 0.4) is 0 Å². The molecule has 12 heterocycles. The molecule has 0 bridgehead atoms. The van der Waals surface area contributed by atoms with E-state index < -0.39 is 29.5 Å². The first-order valence-corrected chi connectivity index (χ1v) is 41.1. The largest absolute Gasteiger partial charge is 0.498 e. The first-order chi connectivity index (χ1) is 58.4. The van der Waals surface area contributed by atoms with Crippen molar-refractivity contribution < 1.29 is 45.9 Å². The maximum atomic E-state index is 14.1. The summed E-state index contributed by atoms with van der Waals surface area (Å²) in [6.07, 6.45) is 31.4. The van der Waals surface area contributed by atoms with E-state index in [1.165, 1.54) is 93.5 Å². The van der Waals surface area contributed by atoms with E-state index in [-0.39, 0.29) is 35.5 Å². The topological polar surface area (TPSA) is 314 Å². The highest BCUT2D eigenvalue weighted by atomic mass is 35.5. The number of nitrogens with two attached hydrogens (primary N) is 1. The predicted octanol–water partition coefficient (Wildman–Crippen LogP) is 16.2. The molecule has 4 aromatic carbocycles. The lowest BCUT2D eigenvalue weighted by Gasteiger charge is -2.33. The van der Waals surface area contributed by atoms with Crippen LogP contribution in [-0.4, -0.2) is 189 Å². The van der Waals surface area contributed by atoms with E-state index in [9.17, 15) is 27.2 Å². The average Bonchev–Trinajstić information content (AvgIpc) is 1.62. The Morgan fingerprint density at radius 1 is 0.475 bits per heavy atom. The standard InChI is InChI=1S/C24H29FN6O2.C19H21FN6.C15H18BFN2O2.C13H8ClFN4.C11H22N2O2.C4H2Cl2N2/c1-24(2,3)33-23(32)30-10-8-17(9-11-30)12-27-20-14-26-16-28-22(20)18-13-29-31(15-18)21-7-5-4-6-19(21)25;20-16-3-1-2-4-18(16)26-12-15(10-25-26)19-17(11-22-13-24-19)23-9-14-5-7-21-8-6-14;1-14(2)15(3,4)21-16(20-14)11-9-18-19(10-11)13-8-6-5-7-12(13)17;14-10-6-16-8-17-13(10)9-5-18-19(7-9)12-4-2-1-3-11(12)15;1-11(2,3)15-10(14)13-6-4-9(8-12)5-7-13;5-3-1-7-2-8-4(3)6/h4-7,13-17,27H,8-12H2,1-3H3;1-4,10-14,21,23H,5-9H2;5-10H,1-4H3;1-8H;9H,4-8,12H2,1-3H3;1-2H. The van der Waals surface area contributed by atoms with Crippen LogP contribution in [-0.2, 0) is 18.8 Å². The van der Waals surface area contributed by atoms with Crippen LogP contribution in [0, 0.1) is 41.0 Å². The zero-order valence-corrected chi connectivity index (χ0v) is 71.9. The first kappa shape index (κ1) is 91.4. The summed E-state index contributed by atoms with van der Waals surface area (Å²) in [7, 11) is -0.490. The molecular weight excluding hydrogens is 1630 g/mol. The SMILES string of the molecule is CC(C)(C)OC(=O)N1CCC(CN)CC1.CC(C)(C)OC(=O)N1CCC(CNc2cncnc2-c2cnn(-c3ccccc3F)c2)CC1.CC1(C)OB(c2cnn(-c3ccccc3F)c2)OC1(C)C.Clc1cncnc1Cl.Fc1ccccc1-n1cc(-c2ncncc2Cl)cn1.Fc1ccccc1-n1cc(-c2ncncc2NCC2CCNCC2)cn1. The van der Waals surface area contributed by atoms with Crippen molar-refractivity contribution in [2.24, 2.45) is 23.5 Å². The number of carbonyl (C=O) groups is 2. The summed E-state index contributed by atoms with van der Waals surface area (Å²) in [5.41, 5.74) is 12.2. The summed E-state index contributed by atoms with van der Waals surface area (Å²) in [4.78, 5) is 59.7. The molecule has 4 fully saturated rings. The van der Waals surface area contributed by atoms with Gasteiger partial charge >= 0.3 is 19.3 Å². The summed E-state index contributed by atoms with van der Waals surface area (Å²) in [6, 6.07) is 26.0. The third kappa shape index (κ3) is 25.6. The van der Waals surface area contributed by atoms with Crippen LogP contribution < -0.4 is 27.1 Å². The molecule has 0 atom stereocenters. The van der Waals surface area contributed by atoms with Gasteiger partial charge in [-0.1, -0.05) is 83.3 Å². The highest BCUT2D eigenvalue weighted by Crippen LogP contribution is 2.37. The average molecular weight is 1730 g/mol. The van der Waals surface area contributed by atoms with Crippen molar-refractivity contribution in [3.63, 3.8) is 0 Å². The van der Waals surface area contributed by atoms with E-state index >= 15 is 0 Å². The van der Waals surface area contributed by atoms with Gasteiger partial charge in [-0.3, -0.25) is 0 Å². The Morgan fingerprint density at radius 3 is 1.19 bits per heavy atom. The zero-order valence-electron chi connectivity index (χ0n) is 69.6. The molecule has 122 heavy (non-hydrogen) atoms. The monoisotopic (exact) mass is 1730 g/mol.